The molecule has 0 amide bonds. The fraction of sp³-hybridized carbons (Fsp3) is 0.500. The number of rotatable bonds is 9. The lowest BCUT2D eigenvalue weighted by Crippen LogP contribution is -2.37. The minimum Gasteiger partial charge on any atom is -0.497 e. The van der Waals surface area contributed by atoms with Crippen LogP contribution in [0.2, 0.25) is 0 Å². The zero-order valence-corrected chi connectivity index (χ0v) is 12.1. The topological polar surface area (TPSA) is 50.7 Å². The molecule has 0 radical (unpaired) electrons. The number of nitrogens with one attached hydrogen (secondary N) is 1. The summed E-state index contributed by atoms with van der Waals surface area (Å²) in [6.07, 6.45) is 6.71. The van der Waals surface area contributed by atoms with Crippen LogP contribution in [0.4, 0.5) is 0 Å². The first-order valence-electron chi connectivity index (χ1n) is 6.84. The molecule has 1 aromatic carbocycles. The number of ether oxygens (including phenoxy) is 2. The summed E-state index contributed by atoms with van der Waals surface area (Å²) in [4.78, 5) is 0. The molecule has 0 aliphatic carbocycles. The monoisotopic (exact) mass is 277 g/mol. The standard InChI is InChI=1S/C16H23NO3/c1-4-7-13(5-2)17-11-14(18)12-20-16-9-6-8-15(10-16)19-3/h2,6,8-10,13-14,17-18H,4,7,11-12H2,1,3H3. The number of methoxy groups -OCH3 is 1. The number of hydrogen-bond acceptors (Lipinski definition) is 4. The largest absolute Gasteiger partial charge is 0.497 e. The van der Waals surface area contributed by atoms with Crippen molar-refractivity contribution in [2.45, 2.75) is 31.9 Å². The van der Waals surface area contributed by atoms with Crippen LogP contribution in [0.1, 0.15) is 19.8 Å². The van der Waals surface area contributed by atoms with E-state index >= 15 is 0 Å². The predicted molar refractivity (Wildman–Crippen MR) is 80.0 cm³/mol. The number of hydrogen-bond donors (Lipinski definition) is 2. The lowest BCUT2D eigenvalue weighted by atomic mass is 10.2. The second-order valence-corrected chi connectivity index (χ2v) is 4.56. The second kappa shape index (κ2) is 9.24. The molecule has 2 N–H and O–H groups in total. The third-order valence-corrected chi connectivity index (χ3v) is 2.86. The number of benzene rings is 1. The van der Waals surface area contributed by atoms with Crippen LogP contribution in [0.15, 0.2) is 24.3 Å². The van der Waals surface area contributed by atoms with Crippen molar-refractivity contribution >= 4 is 0 Å². The molecule has 0 heterocycles. The highest BCUT2D eigenvalue weighted by molar-refractivity contribution is 5.32. The molecule has 1 rings (SSSR count). The van der Waals surface area contributed by atoms with E-state index in [1.165, 1.54) is 0 Å². The van der Waals surface area contributed by atoms with Gasteiger partial charge >= 0.3 is 0 Å². The Hall–Kier alpha value is -1.70. The Morgan fingerprint density at radius 2 is 2.15 bits per heavy atom. The molecule has 2 unspecified atom stereocenters. The van der Waals surface area contributed by atoms with Gasteiger partial charge in [-0.3, -0.25) is 0 Å². The molecule has 0 aliphatic rings. The summed E-state index contributed by atoms with van der Waals surface area (Å²) in [6, 6.07) is 7.29. The van der Waals surface area contributed by atoms with E-state index in [9.17, 15) is 5.11 Å². The third-order valence-electron chi connectivity index (χ3n) is 2.86. The molecule has 0 aromatic heterocycles. The van der Waals surface area contributed by atoms with Gasteiger partial charge < -0.3 is 19.9 Å². The molecule has 0 aliphatic heterocycles. The van der Waals surface area contributed by atoms with Crippen molar-refractivity contribution < 1.29 is 14.6 Å². The quantitative estimate of drug-likeness (QED) is 0.676. The molecule has 1 aromatic rings. The summed E-state index contributed by atoms with van der Waals surface area (Å²) in [6.45, 7) is 2.71. The Labute approximate surface area is 121 Å². The van der Waals surface area contributed by atoms with Crippen LogP contribution < -0.4 is 14.8 Å². The fourth-order valence-corrected chi connectivity index (χ4v) is 1.75. The van der Waals surface area contributed by atoms with Gasteiger partial charge in [-0.05, 0) is 18.6 Å². The summed E-state index contributed by atoms with van der Waals surface area (Å²) < 4.78 is 10.6. The summed E-state index contributed by atoms with van der Waals surface area (Å²) in [5.74, 6) is 4.07. The van der Waals surface area contributed by atoms with E-state index in [1.807, 2.05) is 18.2 Å². The number of aliphatic hydroxyl groups excluding tert-OH is 1. The molecule has 4 heteroatoms. The lowest BCUT2D eigenvalue weighted by molar-refractivity contribution is 0.105. The molecule has 0 spiro atoms. The van der Waals surface area contributed by atoms with Gasteiger partial charge in [-0.1, -0.05) is 25.3 Å². The van der Waals surface area contributed by atoms with Gasteiger partial charge in [0.15, 0.2) is 0 Å². The van der Waals surface area contributed by atoms with Crippen molar-refractivity contribution in [3.05, 3.63) is 24.3 Å². The number of aliphatic hydroxyl groups is 1. The molecule has 110 valence electrons. The summed E-state index contributed by atoms with van der Waals surface area (Å²) in [7, 11) is 1.60. The molecular formula is C16H23NO3. The third kappa shape index (κ3) is 5.96. The highest BCUT2D eigenvalue weighted by Crippen LogP contribution is 2.18. The summed E-state index contributed by atoms with van der Waals surface area (Å²) in [5, 5.41) is 13.0. The second-order valence-electron chi connectivity index (χ2n) is 4.56. The SMILES string of the molecule is C#CC(CCC)NCC(O)COc1cccc(OC)c1. The summed E-state index contributed by atoms with van der Waals surface area (Å²) in [5.41, 5.74) is 0. The van der Waals surface area contributed by atoms with E-state index in [-0.39, 0.29) is 12.6 Å². The summed E-state index contributed by atoms with van der Waals surface area (Å²) >= 11 is 0. The maximum atomic E-state index is 9.86. The number of terminal acetylenes is 1. The molecule has 0 saturated heterocycles. The van der Waals surface area contributed by atoms with Crippen molar-refractivity contribution in [2.75, 3.05) is 20.3 Å². The predicted octanol–water partition coefficient (Wildman–Crippen LogP) is 1.83. The van der Waals surface area contributed by atoms with Crippen LogP contribution in [0.25, 0.3) is 0 Å². The van der Waals surface area contributed by atoms with Gasteiger partial charge in [0.2, 0.25) is 0 Å². The minimum atomic E-state index is -0.603. The Morgan fingerprint density at radius 3 is 2.80 bits per heavy atom. The first-order chi connectivity index (χ1) is 9.69. The average Bonchev–Trinajstić information content (AvgIpc) is 2.49. The van der Waals surface area contributed by atoms with Gasteiger partial charge in [0.05, 0.1) is 13.2 Å². The van der Waals surface area contributed by atoms with Crippen LogP contribution in [0.5, 0.6) is 11.5 Å². The van der Waals surface area contributed by atoms with Gasteiger partial charge in [-0.15, -0.1) is 6.42 Å². The zero-order valence-electron chi connectivity index (χ0n) is 12.1. The van der Waals surface area contributed by atoms with Crippen LogP contribution in [-0.4, -0.2) is 37.5 Å². The maximum Gasteiger partial charge on any atom is 0.123 e. The van der Waals surface area contributed by atoms with Crippen molar-refractivity contribution in [1.29, 1.82) is 0 Å². The highest BCUT2D eigenvalue weighted by Gasteiger charge is 2.09. The molecule has 2 atom stereocenters. The van der Waals surface area contributed by atoms with Crippen molar-refractivity contribution in [3.8, 4) is 23.8 Å². The van der Waals surface area contributed by atoms with Crippen LogP contribution in [0, 0.1) is 12.3 Å². The first-order valence-corrected chi connectivity index (χ1v) is 6.84. The van der Waals surface area contributed by atoms with Crippen molar-refractivity contribution in [3.63, 3.8) is 0 Å². The van der Waals surface area contributed by atoms with E-state index in [1.54, 1.807) is 13.2 Å². The van der Waals surface area contributed by atoms with Gasteiger partial charge in [-0.2, -0.15) is 0 Å². The zero-order chi connectivity index (χ0) is 14.8. The van der Waals surface area contributed by atoms with Gasteiger partial charge in [0, 0.05) is 12.6 Å². The maximum absolute atomic E-state index is 9.86. The fourth-order valence-electron chi connectivity index (χ4n) is 1.75. The average molecular weight is 277 g/mol. The van der Waals surface area contributed by atoms with Gasteiger partial charge in [-0.25, -0.2) is 0 Å². The van der Waals surface area contributed by atoms with Crippen molar-refractivity contribution in [1.82, 2.24) is 5.32 Å². The highest BCUT2D eigenvalue weighted by atomic mass is 16.5. The van der Waals surface area contributed by atoms with Gasteiger partial charge in [0.1, 0.15) is 24.2 Å². The van der Waals surface area contributed by atoms with E-state index in [2.05, 4.69) is 18.2 Å². The van der Waals surface area contributed by atoms with E-state index in [0.29, 0.717) is 12.3 Å². The van der Waals surface area contributed by atoms with Gasteiger partial charge in [0.25, 0.3) is 0 Å². The Kier molecular flexibility index (Phi) is 7.56. The Morgan fingerprint density at radius 1 is 1.40 bits per heavy atom. The molecular weight excluding hydrogens is 254 g/mol. The lowest BCUT2D eigenvalue weighted by Gasteiger charge is -2.16. The normalized spacial score (nSPS) is 13.3. The van der Waals surface area contributed by atoms with Crippen LogP contribution in [-0.2, 0) is 0 Å². The van der Waals surface area contributed by atoms with E-state index < -0.39 is 6.10 Å². The molecule has 0 bridgehead atoms. The van der Waals surface area contributed by atoms with E-state index in [4.69, 9.17) is 15.9 Å². The first kappa shape index (κ1) is 16.4. The molecule has 0 saturated carbocycles. The molecule has 4 nitrogen and oxygen atoms in total. The van der Waals surface area contributed by atoms with Crippen LogP contribution >= 0.6 is 0 Å². The van der Waals surface area contributed by atoms with Crippen molar-refractivity contribution in [2.24, 2.45) is 0 Å². The smallest absolute Gasteiger partial charge is 0.123 e. The Balaban J connectivity index is 2.32. The molecule has 20 heavy (non-hydrogen) atoms. The minimum absolute atomic E-state index is 0.00599. The Bertz CT molecular complexity index is 428. The molecule has 0 fully saturated rings. The van der Waals surface area contributed by atoms with Crippen LogP contribution in [0.3, 0.4) is 0 Å². The van der Waals surface area contributed by atoms with E-state index in [0.717, 1.165) is 18.6 Å².